The van der Waals surface area contributed by atoms with Gasteiger partial charge < -0.3 is 0 Å². The van der Waals surface area contributed by atoms with Gasteiger partial charge in [-0.3, -0.25) is 23.5 Å². The van der Waals surface area contributed by atoms with Gasteiger partial charge in [-0.2, -0.15) is 0 Å². The minimum absolute atomic E-state index is 0. The number of hydrogen-bond donors (Lipinski definition) is 0. The Morgan fingerprint density at radius 3 is 0.495 bits per heavy atom. The van der Waals surface area contributed by atoms with E-state index in [1.54, 1.807) is 0 Å². The van der Waals surface area contributed by atoms with Crippen LogP contribution in [0.2, 0.25) is 0 Å². The summed E-state index contributed by atoms with van der Waals surface area (Å²) in [6, 6.07) is 42.1. The number of unbranched alkanes of at least 4 members (excludes halogenated alkanes) is 10. The highest BCUT2D eigenvalue weighted by atomic mass is 32.1. The van der Waals surface area contributed by atoms with Crippen molar-refractivity contribution in [3.8, 4) is 0 Å². The van der Waals surface area contributed by atoms with Gasteiger partial charge in [0.1, 0.15) is 0 Å². The summed E-state index contributed by atoms with van der Waals surface area (Å²) >= 11 is 25.7. The molecule has 0 aliphatic heterocycles. The summed E-state index contributed by atoms with van der Waals surface area (Å²) in [7, 11) is 0. The van der Waals surface area contributed by atoms with Crippen molar-refractivity contribution in [1.82, 2.24) is 0 Å². The first-order valence-electron chi connectivity index (χ1n) is 36.3. The van der Waals surface area contributed by atoms with E-state index in [4.69, 9.17) is 63.1 Å². The van der Waals surface area contributed by atoms with E-state index in [9.17, 15) is 0 Å². The monoisotopic (exact) mass is 1400 g/mol. The van der Waals surface area contributed by atoms with Crippen molar-refractivity contribution in [3.63, 3.8) is 0 Å². The highest BCUT2D eigenvalue weighted by Gasteiger charge is 2.20. The molecule has 0 heterocycles. The first-order valence-corrected chi connectivity index (χ1v) is 38.3. The average molecular weight is 1400 g/mol. The van der Waals surface area contributed by atoms with Gasteiger partial charge in [-0.15, -0.1) is 0 Å². The van der Waals surface area contributed by atoms with Crippen molar-refractivity contribution in [2.75, 3.05) is 0 Å². The fourth-order valence-electron chi connectivity index (χ4n) is 13.8. The molecule has 10 rings (SSSR count). The molecular formula is C85H120F5S5. The number of rotatable bonds is 25. The van der Waals surface area contributed by atoms with Gasteiger partial charge in [0, 0.05) is 24.5 Å². The number of hydrogen-bond acceptors (Lipinski definition) is 0. The summed E-state index contributed by atoms with van der Waals surface area (Å²) in [5.41, 5.74) is 14.5. The quantitative estimate of drug-likeness (QED) is 0.0404. The lowest BCUT2D eigenvalue weighted by molar-refractivity contribution is 0.428. The van der Waals surface area contributed by atoms with Gasteiger partial charge in [0.15, 0.2) is 0 Å². The molecule has 0 N–H and O–H groups in total. The topological polar surface area (TPSA) is 0 Å². The molecule has 0 spiro atoms. The van der Waals surface area contributed by atoms with Crippen LogP contribution in [0.4, 0.5) is 23.5 Å². The third kappa shape index (κ3) is 34.7. The van der Waals surface area contributed by atoms with Gasteiger partial charge in [0.05, 0.1) is 0 Å². The zero-order valence-corrected chi connectivity index (χ0v) is 62.7. The number of halogens is 5. The van der Waals surface area contributed by atoms with Crippen LogP contribution in [0.3, 0.4) is 0 Å². The van der Waals surface area contributed by atoms with E-state index in [0.29, 0.717) is 0 Å². The lowest BCUT2D eigenvalue weighted by Gasteiger charge is -2.22. The van der Waals surface area contributed by atoms with E-state index in [1.165, 1.54) is 280 Å². The SMILES string of the molecule is CCCCCC1CC=C(c2ccc([S])cc2)CC1.CCCCCC1CC=C(c2ccc([S])cc2)CC1.CCCCCC1CC=C(c2ccc([S])cc2)CC1.CCCCCC1CC=C(c2ccc([S])cc2)CC1.CCCCCC1CC=C(c2ccc([S])cc2)CC1.F.F.F.F.F. The Kier molecular flexibility index (Phi) is 49.0. The summed E-state index contributed by atoms with van der Waals surface area (Å²) in [6.45, 7) is 11.4. The molecular weight excluding hydrogens is 1280 g/mol. The molecule has 0 aromatic heterocycles. The maximum Gasteiger partial charge on any atom is 0.0377 e. The zero-order chi connectivity index (χ0) is 64.0. The summed E-state index contributed by atoms with van der Waals surface area (Å²) < 4.78 is 0. The maximum atomic E-state index is 5.13. The second kappa shape index (κ2) is 52.6. The van der Waals surface area contributed by atoms with Gasteiger partial charge in [0.2, 0.25) is 0 Å². The van der Waals surface area contributed by atoms with Crippen LogP contribution in [0, 0.1) is 29.6 Å². The summed E-state index contributed by atoms with van der Waals surface area (Å²) in [6.07, 6.45) is 59.5. The van der Waals surface area contributed by atoms with Crippen molar-refractivity contribution in [2.45, 2.75) is 284 Å². The third-order valence-corrected chi connectivity index (χ3v) is 21.2. The second-order valence-electron chi connectivity index (χ2n) is 26.9. The van der Waals surface area contributed by atoms with E-state index in [1.807, 2.05) is 60.7 Å². The Bertz CT molecular complexity index is 2430. The minimum Gasteiger partial charge on any atom is -0.269 e. The Balaban J connectivity index is 0.000000586. The van der Waals surface area contributed by atoms with E-state index in [2.05, 4.69) is 126 Å². The molecule has 0 fully saturated rings. The molecule has 5 radical (unpaired) electrons. The summed E-state index contributed by atoms with van der Waals surface area (Å²) in [5, 5.41) is 0. The predicted molar refractivity (Wildman–Crippen MR) is 421 cm³/mol. The zero-order valence-electron chi connectivity index (χ0n) is 58.7. The fraction of sp³-hybridized carbons (Fsp3) is 0.529. The van der Waals surface area contributed by atoms with Crippen molar-refractivity contribution < 1.29 is 23.5 Å². The number of allylic oxidation sites excluding steroid dienone is 10. The van der Waals surface area contributed by atoms with E-state index < -0.39 is 0 Å². The van der Waals surface area contributed by atoms with Crippen molar-refractivity contribution in [3.05, 3.63) is 180 Å². The van der Waals surface area contributed by atoms with Crippen LogP contribution >= 0.6 is 63.1 Å². The first kappa shape index (κ1) is 88.6. The molecule has 5 aliphatic carbocycles. The third-order valence-electron chi connectivity index (χ3n) is 19.8. The molecule has 525 valence electrons. The van der Waals surface area contributed by atoms with Crippen LogP contribution in [0.1, 0.15) is 287 Å². The van der Waals surface area contributed by atoms with Crippen LogP contribution in [-0.4, -0.2) is 0 Å². The minimum atomic E-state index is 0. The standard InChI is InChI=1S/5C17H23S.5FH/c5*1-2-3-4-5-14-6-8-15(9-7-14)16-10-12-17(18)13-11-16;;;;;/h5*8,10-14H,2-7,9H2,1H3;5*1H. The molecule has 0 nitrogen and oxygen atoms in total. The molecule has 5 unspecified atom stereocenters. The fourth-order valence-corrected chi connectivity index (χ4v) is 14.5. The van der Waals surface area contributed by atoms with E-state index in [-0.39, 0.29) is 23.5 Å². The normalized spacial score (nSPS) is 18.6. The first-order chi connectivity index (χ1) is 44.0. The van der Waals surface area contributed by atoms with Gasteiger partial charge in [-0.25, -0.2) is 0 Å². The Labute approximate surface area is 603 Å². The highest BCUT2D eigenvalue weighted by molar-refractivity contribution is 7.81. The van der Waals surface area contributed by atoms with Crippen molar-refractivity contribution in [1.29, 1.82) is 0 Å². The Morgan fingerprint density at radius 2 is 0.379 bits per heavy atom. The molecule has 5 aromatic rings. The molecule has 5 aliphatic rings. The predicted octanol–water partition coefficient (Wildman–Crippen LogP) is 30.8. The smallest absolute Gasteiger partial charge is 0.0377 e. The van der Waals surface area contributed by atoms with Crippen LogP contribution in [0.15, 0.2) is 176 Å². The molecule has 0 bridgehead atoms. The van der Waals surface area contributed by atoms with Crippen LogP contribution in [0.5, 0.6) is 0 Å². The summed E-state index contributed by atoms with van der Waals surface area (Å²) in [4.78, 5) is 4.69. The Hall–Kier alpha value is -4.45. The van der Waals surface area contributed by atoms with Crippen LogP contribution < -0.4 is 0 Å². The van der Waals surface area contributed by atoms with Gasteiger partial charge in [0.25, 0.3) is 0 Å². The number of benzene rings is 5. The van der Waals surface area contributed by atoms with Gasteiger partial charge in [-0.05, 0) is 242 Å². The summed E-state index contributed by atoms with van der Waals surface area (Å²) in [5.74, 6) is 4.65. The molecule has 5 aromatic carbocycles. The molecule has 0 amide bonds. The van der Waals surface area contributed by atoms with Crippen molar-refractivity contribution >= 4 is 91.0 Å². The molecule has 0 saturated heterocycles. The lowest BCUT2D eigenvalue weighted by Crippen LogP contribution is -2.05. The van der Waals surface area contributed by atoms with Crippen LogP contribution in [-0.2, 0) is 0 Å². The Morgan fingerprint density at radius 1 is 0.232 bits per heavy atom. The van der Waals surface area contributed by atoms with Crippen LogP contribution in [0.25, 0.3) is 27.9 Å². The maximum absolute atomic E-state index is 5.13. The molecule has 10 heteroatoms. The van der Waals surface area contributed by atoms with Crippen molar-refractivity contribution in [2.24, 2.45) is 29.6 Å². The largest absolute Gasteiger partial charge is 0.269 e. The molecule has 5 atom stereocenters. The molecule has 0 saturated carbocycles. The van der Waals surface area contributed by atoms with E-state index in [0.717, 1.165) is 54.1 Å². The van der Waals surface area contributed by atoms with E-state index >= 15 is 0 Å². The van der Waals surface area contributed by atoms with Gasteiger partial charge >= 0.3 is 0 Å². The second-order valence-corrected chi connectivity index (χ2v) is 29.3. The average Bonchev–Trinajstić information content (AvgIpc) is 1.30. The molecule has 95 heavy (non-hydrogen) atoms. The van der Waals surface area contributed by atoms with Gasteiger partial charge in [-0.1, -0.05) is 317 Å². The lowest BCUT2D eigenvalue weighted by atomic mass is 9.84. The highest BCUT2D eigenvalue weighted by Crippen LogP contribution is 2.38.